The molecule has 33 heavy (non-hydrogen) atoms. The highest BCUT2D eigenvalue weighted by Crippen LogP contribution is 2.49. The van der Waals surface area contributed by atoms with Crippen molar-refractivity contribution in [2.45, 2.75) is 44.6 Å². The summed E-state index contributed by atoms with van der Waals surface area (Å²) in [6, 6.07) is 11.4. The van der Waals surface area contributed by atoms with Crippen LogP contribution >= 0.6 is 0 Å². The zero-order valence-corrected chi connectivity index (χ0v) is 18.6. The number of nitrogens with zero attached hydrogens (tertiary/aromatic N) is 1. The second kappa shape index (κ2) is 8.81. The monoisotopic (exact) mass is 449 g/mol. The van der Waals surface area contributed by atoms with Crippen LogP contribution in [0.5, 0.6) is 11.5 Å². The highest BCUT2D eigenvalue weighted by atomic mass is 16.5. The largest absolute Gasteiger partial charge is 0.487 e. The Kier molecular flexibility index (Phi) is 5.70. The van der Waals surface area contributed by atoms with E-state index in [9.17, 15) is 9.59 Å². The van der Waals surface area contributed by atoms with Gasteiger partial charge in [-0.25, -0.2) is 9.59 Å². The number of aromatic nitrogens is 1. The molecule has 7 nitrogen and oxygen atoms in total. The molecular weight excluding hydrogens is 422 g/mol. The third kappa shape index (κ3) is 3.81. The molecule has 0 spiro atoms. The van der Waals surface area contributed by atoms with Gasteiger partial charge in [-0.1, -0.05) is 31.4 Å². The molecule has 1 aromatic heterocycles. The van der Waals surface area contributed by atoms with Gasteiger partial charge in [0.2, 0.25) is 0 Å². The van der Waals surface area contributed by atoms with E-state index in [0.717, 1.165) is 35.0 Å². The quantitative estimate of drug-likeness (QED) is 0.552. The van der Waals surface area contributed by atoms with Crippen molar-refractivity contribution in [2.24, 2.45) is 0 Å². The molecular formula is C26H27NO6. The number of carbonyl (C=O) groups excluding carboxylic acids is 1. The Bertz CT molecular complexity index is 1220. The molecule has 172 valence electrons. The van der Waals surface area contributed by atoms with Crippen LogP contribution in [0.15, 0.2) is 36.4 Å². The Morgan fingerprint density at radius 1 is 1.15 bits per heavy atom. The normalized spacial score (nSPS) is 15.8. The molecule has 1 aliphatic carbocycles. The number of carboxylic acid groups (broad SMARTS) is 1. The lowest BCUT2D eigenvalue weighted by atomic mass is 9.81. The molecule has 0 amide bonds. The number of aliphatic carboxylic acids is 1. The molecule has 1 fully saturated rings. The Morgan fingerprint density at radius 3 is 2.73 bits per heavy atom. The average molecular weight is 450 g/mol. The molecule has 1 saturated carbocycles. The number of benzene rings is 2. The van der Waals surface area contributed by atoms with Crippen LogP contribution in [0.25, 0.3) is 22.2 Å². The summed E-state index contributed by atoms with van der Waals surface area (Å²) in [4.78, 5) is 23.3. The molecule has 2 aromatic carbocycles. The van der Waals surface area contributed by atoms with Gasteiger partial charge in [0.05, 0.1) is 24.9 Å². The number of hydrogen-bond acceptors (Lipinski definition) is 5. The van der Waals surface area contributed by atoms with E-state index in [1.807, 2.05) is 30.3 Å². The zero-order chi connectivity index (χ0) is 22.9. The fraction of sp³-hybridized carbons (Fsp3) is 0.385. The zero-order valence-electron chi connectivity index (χ0n) is 18.6. The maximum atomic E-state index is 12.3. The van der Waals surface area contributed by atoms with Crippen molar-refractivity contribution in [3.8, 4) is 22.8 Å². The number of esters is 1. The number of hydrogen-bond donors (Lipinski definition) is 1. The minimum absolute atomic E-state index is 0.360. The first-order valence-electron chi connectivity index (χ1n) is 11.4. The van der Waals surface area contributed by atoms with E-state index in [-0.39, 0.29) is 5.97 Å². The average Bonchev–Trinajstić information content (AvgIpc) is 3.03. The predicted octanol–water partition coefficient (Wildman–Crippen LogP) is 5.00. The van der Waals surface area contributed by atoms with Crippen LogP contribution in [0.4, 0.5) is 0 Å². The van der Waals surface area contributed by atoms with Crippen molar-refractivity contribution < 1.29 is 28.9 Å². The van der Waals surface area contributed by atoms with Gasteiger partial charge in [-0.05, 0) is 48.6 Å². The van der Waals surface area contributed by atoms with Crippen LogP contribution in [0.2, 0.25) is 0 Å². The first kappa shape index (κ1) is 21.4. The summed E-state index contributed by atoms with van der Waals surface area (Å²) >= 11 is 0. The lowest BCUT2D eigenvalue weighted by Gasteiger charge is -2.24. The topological polar surface area (TPSA) is 87.0 Å². The van der Waals surface area contributed by atoms with Gasteiger partial charge in [0.15, 0.2) is 18.1 Å². The molecule has 1 N–H and O–H groups in total. The first-order valence-corrected chi connectivity index (χ1v) is 11.4. The Balaban J connectivity index is 1.75. The van der Waals surface area contributed by atoms with Gasteiger partial charge in [-0.3, -0.25) is 0 Å². The van der Waals surface area contributed by atoms with Crippen LogP contribution < -0.4 is 9.47 Å². The summed E-state index contributed by atoms with van der Waals surface area (Å²) in [5.74, 6) is 0.0231. The maximum Gasteiger partial charge on any atom is 0.341 e. The maximum absolute atomic E-state index is 12.3. The minimum atomic E-state index is -1.03. The molecule has 3 aromatic rings. The highest BCUT2D eigenvalue weighted by molar-refractivity contribution is 5.99. The van der Waals surface area contributed by atoms with Crippen molar-refractivity contribution in [1.82, 2.24) is 4.57 Å². The molecule has 7 heteroatoms. The molecule has 1 aliphatic heterocycles. The summed E-state index contributed by atoms with van der Waals surface area (Å²) in [6.07, 6.45) is 5.89. The van der Waals surface area contributed by atoms with Gasteiger partial charge >= 0.3 is 11.9 Å². The second-order valence-corrected chi connectivity index (χ2v) is 8.64. The molecule has 0 saturated heterocycles. The van der Waals surface area contributed by atoms with E-state index < -0.39 is 12.6 Å². The van der Waals surface area contributed by atoms with Crippen molar-refractivity contribution in [1.29, 1.82) is 0 Å². The number of rotatable bonds is 5. The fourth-order valence-electron chi connectivity index (χ4n) is 5.29. The van der Waals surface area contributed by atoms with Gasteiger partial charge in [0, 0.05) is 16.5 Å². The highest BCUT2D eigenvalue weighted by Gasteiger charge is 2.30. The number of para-hydroxylation sites is 1. The van der Waals surface area contributed by atoms with E-state index in [1.54, 1.807) is 6.07 Å². The fourth-order valence-corrected chi connectivity index (χ4v) is 5.29. The molecule has 2 aliphatic rings. The lowest BCUT2D eigenvalue weighted by Crippen LogP contribution is -2.11. The third-order valence-electron chi connectivity index (χ3n) is 6.68. The Hall–Kier alpha value is -3.48. The summed E-state index contributed by atoms with van der Waals surface area (Å²) in [5.41, 5.74) is 4.76. The summed E-state index contributed by atoms with van der Waals surface area (Å²) in [6.45, 7) is 0.584. The number of carbonyl (C=O) groups is 2. The molecule has 2 heterocycles. The van der Waals surface area contributed by atoms with Gasteiger partial charge < -0.3 is 23.9 Å². The Labute approximate surface area is 191 Å². The van der Waals surface area contributed by atoms with Gasteiger partial charge in [0.1, 0.15) is 6.61 Å². The van der Waals surface area contributed by atoms with E-state index in [0.29, 0.717) is 36.1 Å². The SMILES string of the molecule is COC(=O)c1ccc2c(C3CCCCC3)c3n(c2c1)CCOc1c(OCC(=O)O)cccc1-3. The smallest absolute Gasteiger partial charge is 0.341 e. The summed E-state index contributed by atoms with van der Waals surface area (Å²) < 4.78 is 18.9. The van der Waals surface area contributed by atoms with Crippen molar-refractivity contribution in [3.05, 3.63) is 47.5 Å². The number of ether oxygens (including phenoxy) is 3. The predicted molar refractivity (Wildman–Crippen MR) is 123 cm³/mol. The number of fused-ring (bicyclic) bond motifs is 5. The van der Waals surface area contributed by atoms with Crippen LogP contribution in [0, 0.1) is 0 Å². The summed E-state index contributed by atoms with van der Waals surface area (Å²) in [7, 11) is 1.39. The lowest BCUT2D eigenvalue weighted by molar-refractivity contribution is -0.139. The second-order valence-electron chi connectivity index (χ2n) is 8.64. The van der Waals surface area contributed by atoms with Crippen LogP contribution in [-0.2, 0) is 16.1 Å². The molecule has 0 bridgehead atoms. The standard InChI is InChI=1S/C26H27NO6/c1-31-26(30)17-10-11-18-20(14-17)27-12-13-32-25-19(8-5-9-21(25)33-15-22(28)29)24(27)23(18)16-6-3-2-4-7-16/h5,8-11,14,16H,2-4,6-7,12-13,15H2,1H3,(H,28,29). The van der Waals surface area contributed by atoms with E-state index in [1.165, 1.54) is 31.9 Å². The van der Waals surface area contributed by atoms with Gasteiger partial charge in [-0.15, -0.1) is 0 Å². The van der Waals surface area contributed by atoms with Crippen molar-refractivity contribution in [3.63, 3.8) is 0 Å². The van der Waals surface area contributed by atoms with Crippen LogP contribution in [0.3, 0.4) is 0 Å². The molecule has 0 radical (unpaired) electrons. The van der Waals surface area contributed by atoms with E-state index >= 15 is 0 Å². The van der Waals surface area contributed by atoms with Gasteiger partial charge in [0.25, 0.3) is 0 Å². The molecule has 0 unspecified atom stereocenters. The van der Waals surface area contributed by atoms with E-state index in [4.69, 9.17) is 19.3 Å². The van der Waals surface area contributed by atoms with Gasteiger partial charge in [-0.2, -0.15) is 0 Å². The number of carboxylic acids is 1. The van der Waals surface area contributed by atoms with Crippen molar-refractivity contribution >= 4 is 22.8 Å². The molecule has 0 atom stereocenters. The van der Waals surface area contributed by atoms with E-state index in [2.05, 4.69) is 4.57 Å². The molecule has 5 rings (SSSR count). The van der Waals surface area contributed by atoms with Crippen molar-refractivity contribution in [2.75, 3.05) is 20.3 Å². The minimum Gasteiger partial charge on any atom is -0.487 e. The third-order valence-corrected chi connectivity index (χ3v) is 6.68. The number of methoxy groups -OCH3 is 1. The summed E-state index contributed by atoms with van der Waals surface area (Å²) in [5, 5.41) is 10.2. The van der Waals surface area contributed by atoms with Crippen LogP contribution in [-0.4, -0.2) is 41.9 Å². The van der Waals surface area contributed by atoms with Crippen LogP contribution in [0.1, 0.15) is 53.9 Å². The first-order chi connectivity index (χ1) is 16.1. The Morgan fingerprint density at radius 2 is 1.97 bits per heavy atom.